The van der Waals surface area contributed by atoms with E-state index in [2.05, 4.69) is 10.4 Å². The zero-order valence-corrected chi connectivity index (χ0v) is 10.9. The lowest BCUT2D eigenvalue weighted by Crippen LogP contribution is -2.25. The molecule has 0 radical (unpaired) electrons. The Morgan fingerprint density at radius 2 is 2.19 bits per heavy atom. The van der Waals surface area contributed by atoms with E-state index in [0.29, 0.717) is 29.9 Å². The fraction of sp³-hybridized carbons (Fsp3) is 0.286. The number of rotatable bonds is 1. The Balaban J connectivity index is 2.04. The molecule has 1 aromatic carbocycles. The molecule has 108 valence electrons. The van der Waals surface area contributed by atoms with Gasteiger partial charge in [0.1, 0.15) is 17.5 Å². The van der Waals surface area contributed by atoms with Crippen LogP contribution in [0.3, 0.4) is 0 Å². The molecule has 2 aromatic rings. The van der Waals surface area contributed by atoms with Crippen LogP contribution in [0.2, 0.25) is 0 Å². The maximum atomic E-state index is 12.8. The van der Waals surface area contributed by atoms with Gasteiger partial charge in [0.2, 0.25) is 0 Å². The molecule has 1 atom stereocenters. The van der Waals surface area contributed by atoms with Crippen LogP contribution in [-0.2, 0) is 6.18 Å². The SMILES string of the molecule is N#Cc1cnn2c1NCCC2c1cccc(C(F)(F)F)c1. The average molecular weight is 292 g/mol. The highest BCUT2D eigenvalue weighted by Crippen LogP contribution is 2.35. The summed E-state index contributed by atoms with van der Waals surface area (Å²) < 4.78 is 40.0. The first-order chi connectivity index (χ1) is 10.0. The van der Waals surface area contributed by atoms with Crippen molar-refractivity contribution in [2.75, 3.05) is 11.9 Å². The van der Waals surface area contributed by atoms with Crippen LogP contribution in [0.15, 0.2) is 30.5 Å². The van der Waals surface area contributed by atoms with Gasteiger partial charge in [-0.05, 0) is 24.1 Å². The molecule has 0 saturated heterocycles. The third-order valence-electron chi connectivity index (χ3n) is 3.52. The Labute approximate surface area is 118 Å². The quantitative estimate of drug-likeness (QED) is 0.878. The van der Waals surface area contributed by atoms with Gasteiger partial charge >= 0.3 is 6.18 Å². The second-order valence-electron chi connectivity index (χ2n) is 4.82. The summed E-state index contributed by atoms with van der Waals surface area (Å²) in [5.74, 6) is 0.561. The number of hydrogen-bond acceptors (Lipinski definition) is 3. The van der Waals surface area contributed by atoms with E-state index in [1.807, 2.05) is 6.07 Å². The smallest absolute Gasteiger partial charge is 0.369 e. The Morgan fingerprint density at radius 1 is 1.38 bits per heavy atom. The number of nitrogens with zero attached hydrogens (tertiary/aromatic N) is 3. The first kappa shape index (κ1) is 13.5. The van der Waals surface area contributed by atoms with Gasteiger partial charge in [0.05, 0.1) is 17.8 Å². The van der Waals surface area contributed by atoms with Crippen molar-refractivity contribution in [2.45, 2.75) is 18.6 Å². The van der Waals surface area contributed by atoms with E-state index in [1.54, 1.807) is 10.7 Å². The number of anilines is 1. The molecular formula is C14H11F3N4. The van der Waals surface area contributed by atoms with Crippen LogP contribution in [0.25, 0.3) is 0 Å². The summed E-state index contributed by atoms with van der Waals surface area (Å²) in [5, 5.41) is 16.2. The number of nitriles is 1. The molecule has 0 aliphatic carbocycles. The molecule has 1 aliphatic heterocycles. The van der Waals surface area contributed by atoms with Gasteiger partial charge in [0.15, 0.2) is 0 Å². The summed E-state index contributed by atoms with van der Waals surface area (Å²) in [5.41, 5.74) is 0.264. The van der Waals surface area contributed by atoms with E-state index >= 15 is 0 Å². The molecule has 1 N–H and O–H groups in total. The van der Waals surface area contributed by atoms with Gasteiger partial charge in [-0.15, -0.1) is 0 Å². The van der Waals surface area contributed by atoms with Crippen LogP contribution in [0.1, 0.15) is 29.2 Å². The number of hydrogen-bond donors (Lipinski definition) is 1. The summed E-state index contributed by atoms with van der Waals surface area (Å²) in [6.07, 6.45) is -2.33. The topological polar surface area (TPSA) is 53.6 Å². The van der Waals surface area contributed by atoms with Gasteiger partial charge in [-0.1, -0.05) is 12.1 Å². The summed E-state index contributed by atoms with van der Waals surface area (Å²) in [6.45, 7) is 0.585. The fourth-order valence-electron chi connectivity index (χ4n) is 2.54. The molecule has 4 nitrogen and oxygen atoms in total. The van der Waals surface area contributed by atoms with Crippen molar-refractivity contribution in [3.63, 3.8) is 0 Å². The van der Waals surface area contributed by atoms with Gasteiger partial charge in [-0.2, -0.15) is 23.5 Å². The molecule has 0 saturated carbocycles. The Kier molecular flexibility index (Phi) is 3.09. The molecule has 0 fully saturated rings. The maximum absolute atomic E-state index is 12.8. The van der Waals surface area contributed by atoms with Crippen molar-refractivity contribution in [3.8, 4) is 6.07 Å². The molecule has 1 unspecified atom stereocenters. The predicted molar refractivity (Wildman–Crippen MR) is 69.6 cm³/mol. The molecule has 3 rings (SSSR count). The van der Waals surface area contributed by atoms with E-state index in [-0.39, 0.29) is 6.04 Å². The zero-order chi connectivity index (χ0) is 15.0. The van der Waals surface area contributed by atoms with Gasteiger partial charge in [-0.25, -0.2) is 4.68 Å². The monoisotopic (exact) mass is 292 g/mol. The van der Waals surface area contributed by atoms with Gasteiger partial charge in [0.25, 0.3) is 0 Å². The lowest BCUT2D eigenvalue weighted by atomic mass is 10.00. The third-order valence-corrected chi connectivity index (χ3v) is 3.52. The van der Waals surface area contributed by atoms with Crippen LogP contribution in [0, 0.1) is 11.3 Å². The average Bonchev–Trinajstić information content (AvgIpc) is 2.89. The Hall–Kier alpha value is -2.49. The summed E-state index contributed by atoms with van der Waals surface area (Å²) >= 11 is 0. The predicted octanol–water partition coefficient (Wildman–Crippen LogP) is 3.18. The molecule has 2 heterocycles. The number of fused-ring (bicyclic) bond motifs is 1. The largest absolute Gasteiger partial charge is 0.416 e. The van der Waals surface area contributed by atoms with E-state index in [9.17, 15) is 13.2 Å². The Bertz CT molecular complexity index is 712. The van der Waals surface area contributed by atoms with Crippen molar-refractivity contribution in [1.29, 1.82) is 5.26 Å². The first-order valence-corrected chi connectivity index (χ1v) is 6.39. The molecular weight excluding hydrogens is 281 g/mol. The van der Waals surface area contributed by atoms with Crippen LogP contribution < -0.4 is 5.32 Å². The molecule has 0 amide bonds. The highest BCUT2D eigenvalue weighted by atomic mass is 19.4. The van der Waals surface area contributed by atoms with E-state index in [0.717, 1.165) is 12.1 Å². The number of benzene rings is 1. The third kappa shape index (κ3) is 2.33. The van der Waals surface area contributed by atoms with Gasteiger partial charge in [-0.3, -0.25) is 0 Å². The molecule has 1 aliphatic rings. The zero-order valence-electron chi connectivity index (χ0n) is 10.9. The second kappa shape index (κ2) is 4.81. The second-order valence-corrected chi connectivity index (χ2v) is 4.82. The van der Waals surface area contributed by atoms with Crippen LogP contribution in [-0.4, -0.2) is 16.3 Å². The Morgan fingerprint density at radius 3 is 2.90 bits per heavy atom. The van der Waals surface area contributed by atoms with Crippen molar-refractivity contribution < 1.29 is 13.2 Å². The maximum Gasteiger partial charge on any atom is 0.416 e. The van der Waals surface area contributed by atoms with E-state index in [1.165, 1.54) is 12.3 Å². The lowest BCUT2D eigenvalue weighted by Gasteiger charge is -2.26. The highest BCUT2D eigenvalue weighted by molar-refractivity contribution is 5.53. The number of halogens is 3. The molecule has 0 spiro atoms. The van der Waals surface area contributed by atoms with Gasteiger partial charge in [0, 0.05) is 6.54 Å². The van der Waals surface area contributed by atoms with E-state index in [4.69, 9.17) is 5.26 Å². The summed E-state index contributed by atoms with van der Waals surface area (Å²) in [7, 11) is 0. The number of alkyl halides is 3. The van der Waals surface area contributed by atoms with Crippen molar-refractivity contribution in [1.82, 2.24) is 9.78 Å². The number of aromatic nitrogens is 2. The van der Waals surface area contributed by atoms with Gasteiger partial charge < -0.3 is 5.32 Å². The summed E-state index contributed by atoms with van der Waals surface area (Å²) in [4.78, 5) is 0. The van der Waals surface area contributed by atoms with Crippen molar-refractivity contribution >= 4 is 5.82 Å². The fourth-order valence-corrected chi connectivity index (χ4v) is 2.54. The van der Waals surface area contributed by atoms with E-state index < -0.39 is 11.7 Å². The van der Waals surface area contributed by atoms with Crippen LogP contribution >= 0.6 is 0 Å². The number of nitrogens with one attached hydrogen (secondary N) is 1. The lowest BCUT2D eigenvalue weighted by molar-refractivity contribution is -0.137. The van der Waals surface area contributed by atoms with Crippen molar-refractivity contribution in [3.05, 3.63) is 47.2 Å². The minimum absolute atomic E-state index is 0.300. The van der Waals surface area contributed by atoms with Crippen LogP contribution in [0.4, 0.5) is 19.0 Å². The van der Waals surface area contributed by atoms with Crippen LogP contribution in [0.5, 0.6) is 0 Å². The standard InChI is InChI=1S/C14H11F3N4/c15-14(16,17)11-3-1-2-9(6-11)12-4-5-19-13-10(7-18)8-20-21(12)13/h1-3,6,8,12,19H,4-5H2. The van der Waals surface area contributed by atoms with Crippen molar-refractivity contribution in [2.24, 2.45) is 0 Å². The molecule has 1 aromatic heterocycles. The minimum Gasteiger partial charge on any atom is -0.369 e. The highest BCUT2D eigenvalue weighted by Gasteiger charge is 2.32. The summed E-state index contributed by atoms with van der Waals surface area (Å²) in [6, 6.07) is 6.97. The molecule has 0 bridgehead atoms. The molecule has 7 heteroatoms. The minimum atomic E-state index is -4.37. The first-order valence-electron chi connectivity index (χ1n) is 6.39. The normalized spacial score (nSPS) is 17.7. The molecule has 21 heavy (non-hydrogen) atoms.